The Labute approximate surface area is 229 Å². The van der Waals surface area contributed by atoms with Crippen molar-refractivity contribution in [2.24, 2.45) is 5.92 Å². The minimum Gasteiger partial charge on any atom is -0.363 e. The molecule has 3 aliphatic carbocycles. The number of aryl methyl sites for hydroxylation is 1. The molecule has 7 rings (SSSR count). The Morgan fingerprint density at radius 1 is 0.974 bits per heavy atom. The average Bonchev–Trinajstić information content (AvgIpc) is 3.46. The second-order valence-corrected chi connectivity index (χ2v) is 13.0. The Balaban J connectivity index is 0.970. The Bertz CT molecular complexity index is 1220. The molecular weight excluding hydrogens is 464 g/mol. The van der Waals surface area contributed by atoms with E-state index in [0.29, 0.717) is 5.92 Å². The minimum atomic E-state index is 0.686. The van der Waals surface area contributed by atoms with E-state index < -0.39 is 0 Å². The van der Waals surface area contributed by atoms with E-state index in [1.165, 1.54) is 91.7 Å². The molecular formula is C34H44N4. The minimum absolute atomic E-state index is 0.686. The number of rotatable bonds is 8. The molecule has 1 aromatic rings. The standard InChI is InChI=1S/C34H44N4/c1-23-14-29-15-26(9-13-33(29)35-23)18-37-19-30-21-38(22-31(30)20-37)24(2)28-16-32(36-34(17-28)27-10-11-27)12-8-25-6-4-3-5-7-25/h15-17,25,27,35H,1-14,18-22H2. The highest BCUT2D eigenvalue weighted by atomic mass is 15.2. The first-order valence-corrected chi connectivity index (χ1v) is 15.3. The van der Waals surface area contributed by atoms with Crippen LogP contribution in [0.3, 0.4) is 0 Å². The van der Waals surface area contributed by atoms with Crippen LogP contribution in [0, 0.1) is 5.92 Å². The van der Waals surface area contributed by atoms with Gasteiger partial charge in [-0.05, 0) is 73.3 Å². The maximum absolute atomic E-state index is 5.14. The summed E-state index contributed by atoms with van der Waals surface area (Å²) in [4.78, 5) is 10.3. The molecule has 0 radical (unpaired) electrons. The van der Waals surface area contributed by atoms with E-state index >= 15 is 0 Å². The van der Waals surface area contributed by atoms with Crippen LogP contribution in [-0.4, -0.2) is 47.5 Å². The molecule has 38 heavy (non-hydrogen) atoms. The van der Waals surface area contributed by atoms with E-state index in [4.69, 9.17) is 4.98 Å². The lowest BCUT2D eigenvalue weighted by molar-refractivity contribution is 0.338. The fourth-order valence-corrected chi connectivity index (χ4v) is 7.52. The topological polar surface area (TPSA) is 31.4 Å². The molecule has 3 aliphatic heterocycles. The highest BCUT2D eigenvalue weighted by Crippen LogP contribution is 2.41. The molecule has 0 bridgehead atoms. The Kier molecular flexibility index (Phi) is 6.55. The van der Waals surface area contributed by atoms with Crippen LogP contribution in [0.1, 0.15) is 93.5 Å². The molecule has 4 nitrogen and oxygen atoms in total. The van der Waals surface area contributed by atoms with Crippen LogP contribution in [0.4, 0.5) is 0 Å². The molecule has 0 saturated heterocycles. The first-order chi connectivity index (χ1) is 18.6. The van der Waals surface area contributed by atoms with Crippen molar-refractivity contribution < 1.29 is 0 Å². The molecule has 1 N–H and O–H groups in total. The summed E-state index contributed by atoms with van der Waals surface area (Å²) in [6.45, 7) is 14.2. The number of nitrogens with zero attached hydrogens (tertiary/aromatic N) is 3. The van der Waals surface area contributed by atoms with Crippen LogP contribution < -0.4 is 5.32 Å². The molecule has 0 spiro atoms. The van der Waals surface area contributed by atoms with Crippen LogP contribution in [0.5, 0.6) is 0 Å². The van der Waals surface area contributed by atoms with Gasteiger partial charge in [0.05, 0.1) is 0 Å². The first kappa shape index (κ1) is 24.5. The summed E-state index contributed by atoms with van der Waals surface area (Å²) in [5.74, 6) is 1.60. The molecule has 0 unspecified atom stereocenters. The number of aromatic nitrogens is 1. The quantitative estimate of drug-likeness (QED) is 0.389. The number of nitrogens with one attached hydrogen (secondary N) is 1. The van der Waals surface area contributed by atoms with Gasteiger partial charge in [-0.15, -0.1) is 0 Å². The summed E-state index contributed by atoms with van der Waals surface area (Å²) in [7, 11) is 0. The van der Waals surface area contributed by atoms with Gasteiger partial charge in [-0.25, -0.2) is 0 Å². The lowest BCUT2D eigenvalue weighted by Gasteiger charge is -2.27. The third-order valence-corrected chi connectivity index (χ3v) is 9.85. The van der Waals surface area contributed by atoms with Gasteiger partial charge in [-0.3, -0.25) is 9.88 Å². The molecule has 0 aromatic carbocycles. The third-order valence-electron chi connectivity index (χ3n) is 9.85. The lowest BCUT2D eigenvalue weighted by atomic mass is 9.85. The van der Waals surface area contributed by atoms with E-state index in [1.54, 1.807) is 16.7 Å². The number of hydrogen-bond acceptors (Lipinski definition) is 4. The zero-order valence-electron chi connectivity index (χ0n) is 23.2. The zero-order chi connectivity index (χ0) is 25.6. The van der Waals surface area contributed by atoms with Crippen molar-refractivity contribution in [2.45, 2.75) is 83.0 Å². The normalized spacial score (nSPS) is 24.2. The van der Waals surface area contributed by atoms with Gasteiger partial charge in [0.2, 0.25) is 0 Å². The van der Waals surface area contributed by atoms with Crippen molar-refractivity contribution in [3.63, 3.8) is 0 Å². The highest BCUT2D eigenvalue weighted by molar-refractivity contribution is 5.64. The van der Waals surface area contributed by atoms with Gasteiger partial charge in [0.15, 0.2) is 0 Å². The predicted molar refractivity (Wildman–Crippen MR) is 156 cm³/mol. The predicted octanol–water partition coefficient (Wildman–Crippen LogP) is 6.85. The van der Waals surface area contributed by atoms with Crippen molar-refractivity contribution in [1.82, 2.24) is 20.1 Å². The maximum atomic E-state index is 5.14. The molecule has 2 saturated carbocycles. The summed E-state index contributed by atoms with van der Waals surface area (Å²) in [6.07, 6.45) is 18.0. The van der Waals surface area contributed by atoms with Gasteiger partial charge in [0.1, 0.15) is 0 Å². The number of pyridine rings is 1. The van der Waals surface area contributed by atoms with E-state index in [-0.39, 0.29) is 0 Å². The SMILES string of the molecule is C=C1CC2=C(CCC(CN3CC4=C(C3)CN(C(=C)c3cc(CCC5CCCCC5)nc(C5CC5)c3)C4)=C2)N1. The van der Waals surface area contributed by atoms with E-state index in [9.17, 15) is 0 Å². The largest absolute Gasteiger partial charge is 0.363 e. The van der Waals surface area contributed by atoms with Gasteiger partial charge in [-0.1, -0.05) is 56.9 Å². The Morgan fingerprint density at radius 2 is 1.76 bits per heavy atom. The highest BCUT2D eigenvalue weighted by Gasteiger charge is 2.32. The van der Waals surface area contributed by atoms with E-state index in [0.717, 1.165) is 63.6 Å². The van der Waals surface area contributed by atoms with Crippen molar-refractivity contribution in [2.75, 3.05) is 32.7 Å². The van der Waals surface area contributed by atoms with Gasteiger partial charge in [-0.2, -0.15) is 0 Å². The maximum Gasteiger partial charge on any atom is 0.0444 e. The lowest BCUT2D eigenvalue weighted by Crippen LogP contribution is -2.30. The second-order valence-electron chi connectivity index (χ2n) is 13.0. The second kappa shape index (κ2) is 10.2. The summed E-state index contributed by atoms with van der Waals surface area (Å²) in [5.41, 5.74) is 14.1. The smallest absolute Gasteiger partial charge is 0.0444 e. The van der Waals surface area contributed by atoms with Gasteiger partial charge in [0.25, 0.3) is 0 Å². The van der Waals surface area contributed by atoms with Crippen LogP contribution in [0.2, 0.25) is 0 Å². The van der Waals surface area contributed by atoms with Gasteiger partial charge < -0.3 is 10.2 Å². The molecule has 1 aromatic heterocycles. The molecule has 6 aliphatic rings. The fourth-order valence-electron chi connectivity index (χ4n) is 7.52. The van der Waals surface area contributed by atoms with Crippen molar-refractivity contribution in [3.8, 4) is 0 Å². The third kappa shape index (κ3) is 5.17. The Hall–Kier alpha value is -2.59. The van der Waals surface area contributed by atoms with E-state index in [2.05, 4.69) is 46.5 Å². The van der Waals surface area contributed by atoms with Crippen LogP contribution in [-0.2, 0) is 6.42 Å². The zero-order valence-corrected chi connectivity index (χ0v) is 23.2. The fraction of sp³-hybridized carbons (Fsp3) is 0.559. The molecule has 0 atom stereocenters. The monoisotopic (exact) mass is 508 g/mol. The van der Waals surface area contributed by atoms with Gasteiger partial charge >= 0.3 is 0 Å². The van der Waals surface area contributed by atoms with Crippen molar-refractivity contribution in [3.05, 3.63) is 82.0 Å². The van der Waals surface area contributed by atoms with Crippen LogP contribution >= 0.6 is 0 Å². The number of allylic oxidation sites excluding steroid dienone is 3. The molecule has 200 valence electrons. The van der Waals surface area contributed by atoms with E-state index in [1.807, 2.05) is 0 Å². The molecule has 2 fully saturated rings. The van der Waals surface area contributed by atoms with Gasteiger partial charge in [0, 0.05) is 79.1 Å². The Morgan fingerprint density at radius 3 is 2.53 bits per heavy atom. The van der Waals surface area contributed by atoms with Crippen molar-refractivity contribution in [1.29, 1.82) is 0 Å². The average molecular weight is 509 g/mol. The van der Waals surface area contributed by atoms with Crippen LogP contribution in [0.15, 0.2) is 65.1 Å². The molecule has 4 heterocycles. The summed E-state index contributed by atoms with van der Waals surface area (Å²) < 4.78 is 0. The summed E-state index contributed by atoms with van der Waals surface area (Å²) >= 11 is 0. The number of hydrogen-bond donors (Lipinski definition) is 1. The summed E-state index contributed by atoms with van der Waals surface area (Å²) in [6, 6.07) is 4.74. The molecule has 0 amide bonds. The first-order valence-electron chi connectivity index (χ1n) is 15.3. The van der Waals surface area contributed by atoms with Crippen molar-refractivity contribution >= 4 is 5.70 Å². The van der Waals surface area contributed by atoms with Crippen LogP contribution in [0.25, 0.3) is 5.70 Å². The summed E-state index contributed by atoms with van der Waals surface area (Å²) in [5, 5.41) is 3.47. The molecule has 4 heteroatoms.